The van der Waals surface area contributed by atoms with Crippen LogP contribution in [-0.2, 0) is 0 Å². The molecular weight excluding hydrogens is 425 g/mol. The number of aliphatic imine (C=N–C) groups is 1. The Morgan fingerprint density at radius 2 is 1.87 bits per heavy atom. The number of para-hydroxylation sites is 1. The molecule has 0 aromatic heterocycles. The van der Waals surface area contributed by atoms with Crippen molar-refractivity contribution in [1.82, 2.24) is 0 Å². The largest absolute Gasteiger partial charge is 0.487 e. The Kier molecular flexibility index (Phi) is 8.19. The summed E-state index contributed by atoms with van der Waals surface area (Å²) in [4.78, 5) is 4.28. The fourth-order valence-electron chi connectivity index (χ4n) is 1.85. The van der Waals surface area contributed by atoms with Crippen LogP contribution in [0.2, 0.25) is 5.02 Å². The van der Waals surface area contributed by atoms with Gasteiger partial charge >= 0.3 is 0 Å². The van der Waals surface area contributed by atoms with Gasteiger partial charge in [0.1, 0.15) is 11.9 Å². The first-order valence-electron chi connectivity index (χ1n) is 7.09. The molecule has 1 unspecified atom stereocenters. The molecule has 0 radical (unpaired) electrons. The molecule has 0 aliphatic carbocycles. The summed E-state index contributed by atoms with van der Waals surface area (Å²) in [6.45, 7) is 4.40. The average molecular weight is 446 g/mol. The third kappa shape index (κ3) is 6.66. The maximum Gasteiger partial charge on any atom is 0.193 e. The predicted molar refractivity (Wildman–Crippen MR) is 108 cm³/mol. The van der Waals surface area contributed by atoms with Gasteiger partial charge < -0.3 is 15.8 Å². The van der Waals surface area contributed by atoms with E-state index in [9.17, 15) is 0 Å². The summed E-state index contributed by atoms with van der Waals surface area (Å²) in [6, 6.07) is 15.3. The summed E-state index contributed by atoms with van der Waals surface area (Å²) in [5, 5.41) is 3.63. The van der Waals surface area contributed by atoms with Crippen molar-refractivity contribution in [3.63, 3.8) is 0 Å². The molecule has 0 saturated carbocycles. The Morgan fingerprint density at radius 1 is 1.22 bits per heavy atom. The summed E-state index contributed by atoms with van der Waals surface area (Å²) >= 11 is 6.05. The van der Waals surface area contributed by atoms with E-state index in [-0.39, 0.29) is 30.1 Å². The van der Waals surface area contributed by atoms with Crippen molar-refractivity contribution in [2.75, 3.05) is 11.9 Å². The number of benzene rings is 2. The first kappa shape index (κ1) is 19.6. The molecule has 0 amide bonds. The molecule has 0 saturated heterocycles. The number of rotatable bonds is 5. The monoisotopic (exact) mass is 445 g/mol. The quantitative estimate of drug-likeness (QED) is 0.406. The van der Waals surface area contributed by atoms with Crippen molar-refractivity contribution in [1.29, 1.82) is 0 Å². The van der Waals surface area contributed by atoms with Crippen LogP contribution in [0.25, 0.3) is 0 Å². The highest BCUT2D eigenvalue weighted by molar-refractivity contribution is 14.0. The first-order chi connectivity index (χ1) is 10.5. The van der Waals surface area contributed by atoms with Crippen LogP contribution < -0.4 is 15.8 Å². The third-order valence-electron chi connectivity index (χ3n) is 3.01. The Morgan fingerprint density at radius 3 is 2.52 bits per heavy atom. The van der Waals surface area contributed by atoms with Gasteiger partial charge in [-0.25, -0.2) is 4.99 Å². The predicted octanol–water partition coefficient (Wildman–Crippen LogP) is 4.46. The minimum atomic E-state index is -0.127. The maximum atomic E-state index is 6.05. The van der Waals surface area contributed by atoms with Crippen molar-refractivity contribution >= 4 is 47.2 Å². The minimum Gasteiger partial charge on any atom is -0.487 e. The summed E-state index contributed by atoms with van der Waals surface area (Å²) in [5.74, 6) is 1.01. The number of nitrogens with zero attached hydrogens (tertiary/aromatic N) is 1. The molecule has 124 valence electrons. The molecule has 2 rings (SSSR count). The van der Waals surface area contributed by atoms with Gasteiger partial charge in [-0.3, -0.25) is 0 Å². The SMILES string of the molecule is Cc1ccc(NC(N)=NCC(C)Oc2ccccc2Cl)cc1.I. The number of hydrogen-bond acceptors (Lipinski definition) is 2. The highest BCUT2D eigenvalue weighted by Crippen LogP contribution is 2.24. The van der Waals surface area contributed by atoms with Crippen LogP contribution in [0.3, 0.4) is 0 Å². The molecule has 0 fully saturated rings. The lowest BCUT2D eigenvalue weighted by molar-refractivity contribution is 0.230. The number of nitrogens with one attached hydrogen (secondary N) is 1. The number of aryl methyl sites for hydroxylation is 1. The number of halogens is 2. The van der Waals surface area contributed by atoms with Gasteiger partial charge in [0.15, 0.2) is 5.96 Å². The second-order valence-corrected chi connectivity index (χ2v) is 5.48. The summed E-state index contributed by atoms with van der Waals surface area (Å²) in [7, 11) is 0. The van der Waals surface area contributed by atoms with Gasteiger partial charge in [0.25, 0.3) is 0 Å². The molecule has 0 heterocycles. The van der Waals surface area contributed by atoms with Gasteiger partial charge in [-0.1, -0.05) is 41.4 Å². The Balaban J connectivity index is 0.00000264. The number of hydrogen-bond donors (Lipinski definition) is 2. The van der Waals surface area contributed by atoms with E-state index in [2.05, 4.69) is 10.3 Å². The van der Waals surface area contributed by atoms with E-state index in [1.807, 2.05) is 56.3 Å². The van der Waals surface area contributed by atoms with Crippen molar-refractivity contribution in [2.24, 2.45) is 10.7 Å². The van der Waals surface area contributed by atoms with Gasteiger partial charge in [0.2, 0.25) is 0 Å². The molecule has 0 bridgehead atoms. The van der Waals surface area contributed by atoms with Crippen LogP contribution in [0.4, 0.5) is 5.69 Å². The van der Waals surface area contributed by atoms with Crippen LogP contribution in [-0.4, -0.2) is 18.6 Å². The van der Waals surface area contributed by atoms with Crippen molar-refractivity contribution < 1.29 is 4.74 Å². The van der Waals surface area contributed by atoms with Gasteiger partial charge in [-0.15, -0.1) is 24.0 Å². The lowest BCUT2D eigenvalue weighted by Crippen LogP contribution is -2.25. The van der Waals surface area contributed by atoms with Crippen LogP contribution >= 0.6 is 35.6 Å². The molecule has 0 aliphatic rings. The molecule has 0 spiro atoms. The normalized spacial score (nSPS) is 12.2. The molecule has 4 nitrogen and oxygen atoms in total. The number of anilines is 1. The van der Waals surface area contributed by atoms with Crippen LogP contribution in [0, 0.1) is 6.92 Å². The van der Waals surface area contributed by atoms with Gasteiger partial charge in [0, 0.05) is 5.69 Å². The lowest BCUT2D eigenvalue weighted by atomic mass is 10.2. The Hall–Kier alpha value is -1.47. The summed E-state index contributed by atoms with van der Waals surface area (Å²) in [6.07, 6.45) is -0.127. The molecule has 0 aliphatic heterocycles. The van der Waals surface area contributed by atoms with E-state index in [0.717, 1.165) is 5.69 Å². The van der Waals surface area contributed by atoms with Crippen molar-refractivity contribution in [3.8, 4) is 5.75 Å². The minimum absolute atomic E-state index is 0. The lowest BCUT2D eigenvalue weighted by Gasteiger charge is -2.14. The highest BCUT2D eigenvalue weighted by Gasteiger charge is 2.06. The Labute approximate surface area is 159 Å². The summed E-state index contributed by atoms with van der Waals surface area (Å²) in [5.41, 5.74) is 7.98. The zero-order valence-electron chi connectivity index (χ0n) is 13.1. The second kappa shape index (κ2) is 9.62. The molecule has 2 aromatic rings. The van der Waals surface area contributed by atoms with Gasteiger partial charge in [-0.05, 0) is 38.1 Å². The number of nitrogens with two attached hydrogens (primary N) is 1. The molecule has 3 N–H and O–H groups in total. The van der Waals surface area contributed by atoms with E-state index in [0.29, 0.717) is 23.3 Å². The van der Waals surface area contributed by atoms with Crippen LogP contribution in [0.15, 0.2) is 53.5 Å². The van der Waals surface area contributed by atoms with Gasteiger partial charge in [-0.2, -0.15) is 0 Å². The van der Waals surface area contributed by atoms with Crippen LogP contribution in [0.1, 0.15) is 12.5 Å². The molecule has 2 aromatic carbocycles. The smallest absolute Gasteiger partial charge is 0.193 e. The standard InChI is InChI=1S/C17H20ClN3O.HI/c1-12-7-9-14(10-8-12)21-17(19)20-11-13(2)22-16-6-4-3-5-15(16)18;/h3-10,13H,11H2,1-2H3,(H3,19,20,21);1H. The fourth-order valence-corrected chi connectivity index (χ4v) is 2.03. The van der Waals surface area contributed by atoms with Crippen LogP contribution in [0.5, 0.6) is 5.75 Å². The van der Waals surface area contributed by atoms with E-state index in [4.69, 9.17) is 22.1 Å². The highest BCUT2D eigenvalue weighted by atomic mass is 127. The van der Waals surface area contributed by atoms with E-state index >= 15 is 0 Å². The second-order valence-electron chi connectivity index (χ2n) is 5.08. The zero-order chi connectivity index (χ0) is 15.9. The molecule has 23 heavy (non-hydrogen) atoms. The van der Waals surface area contributed by atoms with E-state index < -0.39 is 0 Å². The zero-order valence-corrected chi connectivity index (χ0v) is 16.2. The molecule has 1 atom stereocenters. The van der Waals surface area contributed by atoms with E-state index in [1.165, 1.54) is 5.56 Å². The summed E-state index contributed by atoms with van der Waals surface area (Å²) < 4.78 is 5.74. The molecule has 6 heteroatoms. The van der Waals surface area contributed by atoms with Crippen molar-refractivity contribution in [2.45, 2.75) is 20.0 Å². The number of guanidine groups is 1. The van der Waals surface area contributed by atoms with E-state index in [1.54, 1.807) is 6.07 Å². The van der Waals surface area contributed by atoms with Crippen molar-refractivity contribution in [3.05, 3.63) is 59.1 Å². The third-order valence-corrected chi connectivity index (χ3v) is 3.32. The number of ether oxygens (including phenoxy) is 1. The first-order valence-corrected chi connectivity index (χ1v) is 7.47. The Bertz CT molecular complexity index is 647. The topological polar surface area (TPSA) is 59.6 Å². The maximum absolute atomic E-state index is 6.05. The molecular formula is C17H21ClIN3O. The average Bonchev–Trinajstić information content (AvgIpc) is 2.50. The van der Waals surface area contributed by atoms with Gasteiger partial charge in [0.05, 0.1) is 11.6 Å². The fraction of sp³-hybridized carbons (Fsp3) is 0.235.